The summed E-state index contributed by atoms with van der Waals surface area (Å²) in [6.07, 6.45) is 4.50. The summed E-state index contributed by atoms with van der Waals surface area (Å²) in [5.74, 6) is 0. The van der Waals surface area contributed by atoms with E-state index in [0.29, 0.717) is 12.1 Å². The number of hydrogen-bond donors (Lipinski definition) is 1. The molecular formula is C12H26N2. The van der Waals surface area contributed by atoms with Crippen molar-refractivity contribution >= 4 is 0 Å². The van der Waals surface area contributed by atoms with Gasteiger partial charge in [-0.05, 0) is 47.2 Å². The molecule has 0 saturated carbocycles. The summed E-state index contributed by atoms with van der Waals surface area (Å²) in [7, 11) is 2.01. The lowest BCUT2D eigenvalue weighted by Gasteiger charge is -2.31. The van der Waals surface area contributed by atoms with Crippen LogP contribution in [0.1, 0.15) is 33.6 Å². The standard InChI is InChI=1S/C12H26N2/c1-6-10-14(11(2)3)12(4)8-7-9-13-5/h6,11-13H,1,7-10H2,2-5H3. The second kappa shape index (κ2) is 8.01. The molecule has 1 unspecified atom stereocenters. The van der Waals surface area contributed by atoms with Crippen LogP contribution in [0.3, 0.4) is 0 Å². The first-order chi connectivity index (χ1) is 6.63. The molecule has 0 radical (unpaired) electrons. The first kappa shape index (κ1) is 13.7. The topological polar surface area (TPSA) is 15.3 Å². The summed E-state index contributed by atoms with van der Waals surface area (Å²) in [5.41, 5.74) is 0. The minimum absolute atomic E-state index is 0.609. The van der Waals surface area contributed by atoms with E-state index in [-0.39, 0.29) is 0 Å². The lowest BCUT2D eigenvalue weighted by molar-refractivity contribution is 0.174. The van der Waals surface area contributed by atoms with Gasteiger partial charge in [-0.25, -0.2) is 0 Å². The Morgan fingerprint density at radius 3 is 2.43 bits per heavy atom. The molecule has 0 amide bonds. The minimum Gasteiger partial charge on any atom is -0.320 e. The normalized spacial score (nSPS) is 13.6. The molecule has 0 bridgehead atoms. The summed E-state index contributed by atoms with van der Waals surface area (Å²) in [6, 6.07) is 1.26. The van der Waals surface area contributed by atoms with Crippen molar-refractivity contribution in [3.8, 4) is 0 Å². The van der Waals surface area contributed by atoms with Crippen molar-refractivity contribution in [2.75, 3.05) is 20.1 Å². The lowest BCUT2D eigenvalue weighted by Crippen LogP contribution is -2.39. The first-order valence-electron chi connectivity index (χ1n) is 5.64. The Kier molecular flexibility index (Phi) is 7.81. The van der Waals surface area contributed by atoms with Crippen LogP contribution < -0.4 is 5.32 Å². The highest BCUT2D eigenvalue weighted by Gasteiger charge is 2.14. The van der Waals surface area contributed by atoms with E-state index in [1.165, 1.54) is 12.8 Å². The van der Waals surface area contributed by atoms with Gasteiger partial charge in [-0.3, -0.25) is 4.90 Å². The molecule has 0 fully saturated rings. The van der Waals surface area contributed by atoms with Crippen molar-refractivity contribution in [1.29, 1.82) is 0 Å². The molecule has 0 aliphatic heterocycles. The molecule has 84 valence electrons. The first-order valence-corrected chi connectivity index (χ1v) is 5.64. The summed E-state index contributed by atoms with van der Waals surface area (Å²) >= 11 is 0. The second-order valence-electron chi connectivity index (χ2n) is 4.17. The molecule has 0 aromatic rings. The molecule has 0 aromatic heterocycles. The zero-order valence-electron chi connectivity index (χ0n) is 10.2. The molecule has 0 heterocycles. The minimum atomic E-state index is 0.609. The Hall–Kier alpha value is -0.340. The van der Waals surface area contributed by atoms with Crippen LogP contribution in [0.2, 0.25) is 0 Å². The molecule has 0 aromatic carbocycles. The van der Waals surface area contributed by atoms with E-state index in [4.69, 9.17) is 0 Å². The molecule has 0 rings (SSSR count). The van der Waals surface area contributed by atoms with Crippen LogP contribution in [0.4, 0.5) is 0 Å². The van der Waals surface area contributed by atoms with Crippen LogP contribution in [0.25, 0.3) is 0 Å². The van der Waals surface area contributed by atoms with E-state index in [2.05, 4.69) is 37.6 Å². The van der Waals surface area contributed by atoms with Crippen molar-refractivity contribution in [2.24, 2.45) is 0 Å². The fourth-order valence-electron chi connectivity index (χ4n) is 1.79. The largest absolute Gasteiger partial charge is 0.320 e. The maximum atomic E-state index is 3.81. The molecular weight excluding hydrogens is 172 g/mol. The van der Waals surface area contributed by atoms with E-state index < -0.39 is 0 Å². The highest BCUT2D eigenvalue weighted by molar-refractivity contribution is 4.79. The third-order valence-corrected chi connectivity index (χ3v) is 2.62. The number of nitrogens with one attached hydrogen (secondary N) is 1. The average molecular weight is 198 g/mol. The fourth-order valence-corrected chi connectivity index (χ4v) is 1.79. The van der Waals surface area contributed by atoms with Crippen LogP contribution in [-0.4, -0.2) is 37.1 Å². The van der Waals surface area contributed by atoms with Gasteiger partial charge in [-0.2, -0.15) is 0 Å². The Balaban J connectivity index is 3.88. The predicted octanol–water partition coefficient (Wildman–Crippen LogP) is 2.27. The van der Waals surface area contributed by atoms with Crippen LogP contribution in [0.15, 0.2) is 12.7 Å². The molecule has 1 N–H and O–H groups in total. The van der Waals surface area contributed by atoms with E-state index in [9.17, 15) is 0 Å². The summed E-state index contributed by atoms with van der Waals surface area (Å²) in [4.78, 5) is 2.49. The Labute approximate surface area is 89.4 Å². The van der Waals surface area contributed by atoms with E-state index >= 15 is 0 Å². The second-order valence-corrected chi connectivity index (χ2v) is 4.17. The van der Waals surface area contributed by atoms with E-state index in [0.717, 1.165) is 13.1 Å². The fraction of sp³-hybridized carbons (Fsp3) is 0.833. The zero-order chi connectivity index (χ0) is 11.0. The summed E-state index contributed by atoms with van der Waals surface area (Å²) in [6.45, 7) is 12.7. The van der Waals surface area contributed by atoms with Gasteiger partial charge in [-0.1, -0.05) is 6.08 Å². The third kappa shape index (κ3) is 5.40. The van der Waals surface area contributed by atoms with Gasteiger partial charge in [0.1, 0.15) is 0 Å². The van der Waals surface area contributed by atoms with Gasteiger partial charge in [0.25, 0.3) is 0 Å². The van der Waals surface area contributed by atoms with Gasteiger partial charge in [0.05, 0.1) is 0 Å². The molecule has 0 saturated heterocycles. The van der Waals surface area contributed by atoms with Crippen LogP contribution in [0.5, 0.6) is 0 Å². The van der Waals surface area contributed by atoms with Crippen LogP contribution in [-0.2, 0) is 0 Å². The average Bonchev–Trinajstić information content (AvgIpc) is 2.13. The molecule has 2 nitrogen and oxygen atoms in total. The maximum absolute atomic E-state index is 3.81. The molecule has 0 aliphatic rings. The SMILES string of the molecule is C=CCN(C(C)C)C(C)CCCNC. The lowest BCUT2D eigenvalue weighted by atomic mass is 10.1. The van der Waals surface area contributed by atoms with Gasteiger partial charge in [0.2, 0.25) is 0 Å². The van der Waals surface area contributed by atoms with Gasteiger partial charge in [0.15, 0.2) is 0 Å². The Morgan fingerprint density at radius 2 is 2.00 bits per heavy atom. The highest BCUT2D eigenvalue weighted by Crippen LogP contribution is 2.10. The predicted molar refractivity (Wildman–Crippen MR) is 64.7 cm³/mol. The Bertz CT molecular complexity index is 143. The van der Waals surface area contributed by atoms with Gasteiger partial charge in [-0.15, -0.1) is 6.58 Å². The number of nitrogens with zero attached hydrogens (tertiary/aromatic N) is 1. The van der Waals surface area contributed by atoms with Crippen LogP contribution >= 0.6 is 0 Å². The van der Waals surface area contributed by atoms with Crippen molar-refractivity contribution in [3.05, 3.63) is 12.7 Å². The van der Waals surface area contributed by atoms with Crippen LogP contribution in [0, 0.1) is 0 Å². The van der Waals surface area contributed by atoms with Crippen molar-refractivity contribution in [2.45, 2.75) is 45.7 Å². The van der Waals surface area contributed by atoms with Gasteiger partial charge < -0.3 is 5.32 Å². The van der Waals surface area contributed by atoms with Crippen molar-refractivity contribution in [1.82, 2.24) is 10.2 Å². The molecule has 2 heteroatoms. The monoisotopic (exact) mass is 198 g/mol. The Morgan fingerprint density at radius 1 is 1.36 bits per heavy atom. The summed E-state index contributed by atoms with van der Waals surface area (Å²) < 4.78 is 0. The molecule has 0 spiro atoms. The van der Waals surface area contributed by atoms with E-state index in [1.807, 2.05) is 13.1 Å². The molecule has 14 heavy (non-hydrogen) atoms. The highest BCUT2D eigenvalue weighted by atomic mass is 15.2. The van der Waals surface area contributed by atoms with Crippen molar-refractivity contribution in [3.63, 3.8) is 0 Å². The van der Waals surface area contributed by atoms with Gasteiger partial charge in [0, 0.05) is 18.6 Å². The zero-order valence-corrected chi connectivity index (χ0v) is 10.2. The summed E-state index contributed by atoms with van der Waals surface area (Å²) in [5, 5.41) is 3.18. The maximum Gasteiger partial charge on any atom is 0.0166 e. The van der Waals surface area contributed by atoms with Crippen molar-refractivity contribution < 1.29 is 0 Å². The van der Waals surface area contributed by atoms with Gasteiger partial charge >= 0.3 is 0 Å². The molecule has 0 aliphatic carbocycles. The van der Waals surface area contributed by atoms with E-state index in [1.54, 1.807) is 0 Å². The smallest absolute Gasteiger partial charge is 0.0166 e. The number of hydrogen-bond acceptors (Lipinski definition) is 2. The third-order valence-electron chi connectivity index (χ3n) is 2.62. The number of rotatable bonds is 8. The molecule has 1 atom stereocenters. The quantitative estimate of drug-likeness (QED) is 0.475.